The number of ether oxygens (including phenoxy) is 7. The van der Waals surface area contributed by atoms with Crippen LogP contribution in [0.5, 0.6) is 5.75 Å². The Balaban J connectivity index is 0.000000150. The summed E-state index contributed by atoms with van der Waals surface area (Å²) in [5.74, 6) is -0.314. The predicted octanol–water partition coefficient (Wildman–Crippen LogP) is 17.6. The first-order valence-corrected chi connectivity index (χ1v) is 41.5. The molecule has 0 radical (unpaired) electrons. The van der Waals surface area contributed by atoms with E-state index in [4.69, 9.17) is 74.2 Å². The van der Waals surface area contributed by atoms with Gasteiger partial charge in [0.15, 0.2) is 23.5 Å². The highest BCUT2D eigenvalue weighted by molar-refractivity contribution is 7.80. The summed E-state index contributed by atoms with van der Waals surface area (Å²) in [5.41, 5.74) is 11.1. The van der Waals surface area contributed by atoms with Crippen LogP contribution in [0.4, 0.5) is 15.3 Å². The second-order valence-electron chi connectivity index (χ2n) is 29.0. The number of thiocarbonyl (C=S) groups is 3. The van der Waals surface area contributed by atoms with Crippen molar-refractivity contribution in [3.63, 3.8) is 0 Å². The number of fused-ring (bicyclic) bond motifs is 3. The number of carbonyl (C=O) groups excluding carboxylic acids is 8. The molecule has 6 fully saturated rings. The zero-order valence-electron chi connectivity index (χ0n) is 69.0. The van der Waals surface area contributed by atoms with Crippen molar-refractivity contribution in [2.45, 2.75) is 110 Å². The lowest BCUT2D eigenvalue weighted by Gasteiger charge is -2.19. The van der Waals surface area contributed by atoms with Crippen molar-refractivity contribution in [3.05, 3.63) is 274 Å². The fraction of sp³-hybridized carbons (Fsp3) is 0.284. The largest absolute Gasteiger partial charge is 0.497 e. The number of benzene rings is 7. The Labute approximate surface area is 720 Å². The van der Waals surface area contributed by atoms with Crippen LogP contribution < -0.4 is 14.2 Å². The third kappa shape index (κ3) is 23.3. The van der Waals surface area contributed by atoms with Crippen molar-refractivity contribution in [1.82, 2.24) is 24.5 Å². The molecule has 2 aromatic heterocycles. The van der Waals surface area contributed by atoms with E-state index in [1.165, 1.54) is 42.2 Å². The van der Waals surface area contributed by atoms with E-state index < -0.39 is 24.0 Å². The maximum atomic E-state index is 12.7. The van der Waals surface area contributed by atoms with Crippen LogP contribution in [0.1, 0.15) is 142 Å². The number of carbonyl (C=O) groups is 8. The number of anilines is 1. The third-order valence-corrected chi connectivity index (χ3v) is 21.2. The molecule has 15 rings (SSSR count). The molecule has 626 valence electrons. The number of para-hydroxylation sites is 1. The lowest BCUT2D eigenvalue weighted by atomic mass is 9.85. The van der Waals surface area contributed by atoms with Crippen molar-refractivity contribution in [2.75, 3.05) is 72.6 Å². The number of cyclic esters (lactones) is 2. The molecule has 9 aromatic rings. The third-order valence-electron chi connectivity index (χ3n) is 20.3. The molecule has 26 heteroatoms. The number of likely N-dealkylation sites (tertiary alicyclic amines) is 1. The highest BCUT2D eigenvalue weighted by atomic mass is 32.1. The quantitative estimate of drug-likeness (QED) is 0.0170. The number of aryl methyl sites for hydroxylation is 1. The van der Waals surface area contributed by atoms with Gasteiger partial charge in [0.1, 0.15) is 23.5 Å². The van der Waals surface area contributed by atoms with Crippen LogP contribution in [0.2, 0.25) is 0 Å². The molecule has 0 N–H and O–H groups in total. The Morgan fingerprint density at radius 3 is 1.63 bits per heavy atom. The number of unbranched alkanes of at least 4 members (excludes halogenated alkanes) is 5. The van der Waals surface area contributed by atoms with Gasteiger partial charge in [0, 0.05) is 101 Å². The van der Waals surface area contributed by atoms with Gasteiger partial charge in [-0.05, 0) is 162 Å². The summed E-state index contributed by atoms with van der Waals surface area (Å²) in [6.45, 7) is 11.0. The van der Waals surface area contributed by atoms with E-state index in [-0.39, 0.29) is 69.8 Å². The normalized spacial score (nSPS) is 17.3. The van der Waals surface area contributed by atoms with Crippen molar-refractivity contribution in [1.29, 1.82) is 0 Å². The monoisotopic (exact) mass is 1690 g/mol. The molecule has 7 aromatic carbocycles. The molecular weight excluding hydrogens is 1590 g/mol. The standard InChI is InChI=1S/C28H25NO4.C19H26N2O2S.C18H13NO4.C16H21N2O3S.C14H13NO3S/c30-27-25(33-28(31)29(27)19-24-12-7-17-32-24)18-20-13-15-23(16-14-20)26(21-8-3-1-4-9-21)22-10-5-2-6-11-22;1-4-5-6-7-8-13-21-18(22)17(23-19(21)24)14-15-9-11-16(12-10-15)20(2)3;1-2-19-17(20)16(23-18(19)21)10-11-7-8-15-13(9-11)12-5-3-4-6-14(12)22-15;1-3-4-8-17-9-6-5-7-13(17)12-14-15(19)18(10-11-20-2)16(22)21-14;1-9(16)15-13(19)8-11(14(15)17)7-10-3-5-12(18-2)6-4-10/h1-6,8-11,13-16,18,24,26H,7,12,17,19H2;9-12,14H,4-8,13H2,1-3H3;3-10H,2H2,1H3;5-7,9,12H,3-4,8,10-11H2,1-2H3;3-7H,8H2,1-2H3/q;;;+1;/b25-18+;17-14+;16-10+;14-12+;11-7-. The molecule has 6 aliphatic heterocycles. The summed E-state index contributed by atoms with van der Waals surface area (Å²) in [6.07, 6.45) is 19.1. The summed E-state index contributed by atoms with van der Waals surface area (Å²) in [5, 5.41) is 2.42. The van der Waals surface area contributed by atoms with Crippen molar-refractivity contribution in [3.8, 4) is 5.75 Å². The van der Waals surface area contributed by atoms with Gasteiger partial charge in [0.2, 0.25) is 17.4 Å². The highest BCUT2D eigenvalue weighted by Crippen LogP contribution is 2.35. The minimum absolute atomic E-state index is 0.0454. The summed E-state index contributed by atoms with van der Waals surface area (Å²) in [4.78, 5) is 105. The zero-order valence-corrected chi connectivity index (χ0v) is 71.5. The van der Waals surface area contributed by atoms with Gasteiger partial charge in [-0.15, -0.1) is 0 Å². The van der Waals surface area contributed by atoms with Crippen LogP contribution in [0.15, 0.2) is 233 Å². The number of hydrogen-bond acceptors (Lipinski definition) is 20. The van der Waals surface area contributed by atoms with Crippen molar-refractivity contribution >= 4 is 158 Å². The predicted molar refractivity (Wildman–Crippen MR) is 476 cm³/mol. The number of methoxy groups -OCH3 is 2. The number of aromatic nitrogens is 1. The van der Waals surface area contributed by atoms with Crippen molar-refractivity contribution < 1.29 is 80.5 Å². The Morgan fingerprint density at radius 2 is 1.05 bits per heavy atom. The summed E-state index contributed by atoms with van der Waals surface area (Å²) >= 11 is 15.4. The van der Waals surface area contributed by atoms with Gasteiger partial charge >= 0.3 is 12.2 Å². The van der Waals surface area contributed by atoms with E-state index >= 15 is 0 Å². The molecule has 0 spiro atoms. The van der Waals surface area contributed by atoms with Gasteiger partial charge < -0.3 is 42.5 Å². The van der Waals surface area contributed by atoms with Crippen LogP contribution in [0, 0.1) is 0 Å². The number of likely N-dealkylation sites (N-methyl/N-ethyl adjacent to an activating group) is 1. The fourth-order valence-electron chi connectivity index (χ4n) is 13.9. The van der Waals surface area contributed by atoms with Gasteiger partial charge in [0.25, 0.3) is 39.9 Å². The second-order valence-corrected chi connectivity index (χ2v) is 30.2. The lowest BCUT2D eigenvalue weighted by Crippen LogP contribution is -2.36. The molecule has 8 heterocycles. The van der Waals surface area contributed by atoms with Crippen LogP contribution in [-0.2, 0) is 63.7 Å². The molecular formula is C95H98N7O16S3+. The Hall–Kier alpha value is -12.5. The number of amides is 8. The first-order chi connectivity index (χ1) is 58.6. The number of pyridine rings is 1. The summed E-state index contributed by atoms with van der Waals surface area (Å²) in [6, 6.07) is 63.3. The van der Waals surface area contributed by atoms with Crippen LogP contribution >= 0.6 is 36.7 Å². The van der Waals surface area contributed by atoms with E-state index in [0.29, 0.717) is 55.6 Å². The van der Waals surface area contributed by atoms with Gasteiger partial charge in [-0.2, -0.15) is 4.57 Å². The molecule has 0 aliphatic carbocycles. The minimum atomic E-state index is -0.633. The average molecular weight is 1690 g/mol. The Morgan fingerprint density at radius 1 is 0.529 bits per heavy atom. The molecule has 1 unspecified atom stereocenters. The SMILES string of the molecule is CCCCCCCN1C(=O)/C(=C\c2ccc(N(C)C)cc2)OC1=S.CCCC[n+]1ccccc1/C=C1/OC(=S)N(CCOC)C1=O.CCN1C(=O)O/C(=C/c2ccc3oc4ccccc4c3c2)C1=O.COc1ccc(/C=C2/CC(=S)N(C(C)=O)C2=O)cc1.O=C1O/C(=C/c2ccc(C(c3ccccc3)c3ccccc3)cc2)C(=O)N1CC1CCCO1. The van der Waals surface area contributed by atoms with E-state index in [0.717, 1.165) is 127 Å². The van der Waals surface area contributed by atoms with E-state index in [1.54, 1.807) is 56.4 Å². The van der Waals surface area contributed by atoms with Gasteiger partial charge in [-0.25, -0.2) is 24.3 Å². The molecule has 8 amide bonds. The topological polar surface area (TPSA) is 238 Å². The smallest absolute Gasteiger partial charge is 0.422 e. The van der Waals surface area contributed by atoms with Crippen molar-refractivity contribution in [2.24, 2.45) is 0 Å². The average Bonchev–Trinajstić information content (AvgIpc) is 1.60. The number of rotatable bonds is 25. The molecule has 6 saturated heterocycles. The number of imide groups is 3. The van der Waals surface area contributed by atoms with E-state index in [9.17, 15) is 38.4 Å². The van der Waals surface area contributed by atoms with Crippen LogP contribution in [0.3, 0.4) is 0 Å². The summed E-state index contributed by atoms with van der Waals surface area (Å²) in [7, 11) is 7.17. The van der Waals surface area contributed by atoms with E-state index in [1.807, 2.05) is 183 Å². The lowest BCUT2D eigenvalue weighted by molar-refractivity contribution is -0.699. The molecule has 0 saturated carbocycles. The van der Waals surface area contributed by atoms with Crippen LogP contribution in [0.25, 0.3) is 52.3 Å². The second kappa shape index (κ2) is 43.5. The minimum Gasteiger partial charge on any atom is -0.497 e. The first-order valence-electron chi connectivity index (χ1n) is 40.3. The Bertz CT molecular complexity index is 5390. The van der Waals surface area contributed by atoms with Gasteiger partial charge in [-0.3, -0.25) is 38.6 Å². The van der Waals surface area contributed by atoms with Gasteiger partial charge in [0.05, 0.1) is 44.0 Å². The maximum Gasteiger partial charge on any atom is 0.422 e. The number of nitrogens with zero attached hydrogens (tertiary/aromatic N) is 7. The molecule has 121 heavy (non-hydrogen) atoms. The highest BCUT2D eigenvalue weighted by Gasteiger charge is 2.40. The first kappa shape index (κ1) is 89.3. The maximum absolute atomic E-state index is 12.7. The molecule has 0 bridgehead atoms. The fourth-order valence-corrected chi connectivity index (χ4v) is 14.8. The molecule has 6 aliphatic rings. The number of furan rings is 1. The zero-order chi connectivity index (χ0) is 86.1. The molecule has 23 nitrogen and oxygen atoms in total. The van der Waals surface area contributed by atoms with E-state index in [2.05, 4.69) is 54.8 Å². The summed E-state index contributed by atoms with van der Waals surface area (Å²) < 4.78 is 44.7. The van der Waals surface area contributed by atoms with Crippen LogP contribution in [-0.4, -0.2) is 161 Å². The van der Waals surface area contributed by atoms with Gasteiger partial charge in [-0.1, -0.05) is 192 Å². The number of hydrogen-bond donors (Lipinski definition) is 0. The Kier molecular flexibility index (Phi) is 32.1. The molecule has 1 atom stereocenters.